The summed E-state index contributed by atoms with van der Waals surface area (Å²) in [6.45, 7) is 1.58. The number of carbonyl (C=O) groups is 1. The van der Waals surface area contributed by atoms with Gasteiger partial charge in [0.1, 0.15) is 10.9 Å². The van der Waals surface area contributed by atoms with Gasteiger partial charge in [-0.1, -0.05) is 85.0 Å². The Kier molecular flexibility index (Phi) is 4.56. The molecule has 0 heterocycles. The molecule has 0 fully saturated rings. The van der Waals surface area contributed by atoms with Crippen LogP contribution in [0.15, 0.2) is 85.0 Å². The number of hydrogen-bond acceptors (Lipinski definition) is 2. The number of carbonyl (C=O) groups excluding carboxylic acids is 1. The quantitative estimate of drug-likeness (QED) is 0.879. The Labute approximate surface area is 137 Å². The molecule has 2 unspecified atom stereocenters. The Morgan fingerprint density at radius 3 is 1.91 bits per heavy atom. The molecule has 2 aromatic rings. The second-order valence-electron chi connectivity index (χ2n) is 5.58. The topological polar surface area (TPSA) is 37.3 Å². The van der Waals surface area contributed by atoms with Crippen molar-refractivity contribution in [2.75, 3.05) is 0 Å². The highest BCUT2D eigenvalue weighted by Crippen LogP contribution is 2.52. The van der Waals surface area contributed by atoms with E-state index in [0.29, 0.717) is 0 Å². The van der Waals surface area contributed by atoms with Gasteiger partial charge in [0.2, 0.25) is 0 Å². The van der Waals surface area contributed by atoms with Gasteiger partial charge in [-0.2, -0.15) is 0 Å². The van der Waals surface area contributed by atoms with E-state index in [0.717, 1.165) is 10.6 Å². The first-order chi connectivity index (χ1) is 11.2. The molecule has 0 aromatic heterocycles. The molecular formula is C20H19O2P. The SMILES string of the molecule is CC(=O)C1(P(c2ccccc2)c2ccccc2)C=CC=CC1O. The van der Waals surface area contributed by atoms with Crippen molar-refractivity contribution in [3.05, 3.63) is 85.0 Å². The fraction of sp³-hybridized carbons (Fsp3) is 0.150. The van der Waals surface area contributed by atoms with Gasteiger partial charge in [-0.3, -0.25) is 4.79 Å². The molecule has 0 saturated carbocycles. The van der Waals surface area contributed by atoms with Crippen LogP contribution in [0.5, 0.6) is 0 Å². The van der Waals surface area contributed by atoms with E-state index >= 15 is 0 Å². The minimum Gasteiger partial charge on any atom is -0.387 e. The molecule has 1 aliphatic rings. The number of Topliss-reactive ketones (excluding diaryl/α,β-unsaturated/α-hetero) is 1. The number of ketones is 1. The van der Waals surface area contributed by atoms with E-state index in [1.54, 1.807) is 19.1 Å². The molecule has 23 heavy (non-hydrogen) atoms. The zero-order valence-corrected chi connectivity index (χ0v) is 13.9. The molecule has 0 bridgehead atoms. The zero-order chi connectivity index (χ0) is 16.3. The summed E-state index contributed by atoms with van der Waals surface area (Å²) in [6, 6.07) is 20.0. The number of aliphatic hydroxyl groups is 1. The van der Waals surface area contributed by atoms with Gasteiger partial charge in [0.25, 0.3) is 0 Å². The molecule has 0 spiro atoms. The van der Waals surface area contributed by atoms with Crippen molar-refractivity contribution >= 4 is 24.3 Å². The van der Waals surface area contributed by atoms with Gasteiger partial charge >= 0.3 is 0 Å². The number of aliphatic hydroxyl groups excluding tert-OH is 1. The highest BCUT2D eigenvalue weighted by atomic mass is 31.1. The Morgan fingerprint density at radius 1 is 0.957 bits per heavy atom. The lowest BCUT2D eigenvalue weighted by Crippen LogP contribution is -2.49. The first kappa shape index (κ1) is 15.9. The maximum Gasteiger partial charge on any atom is 0.147 e. The third-order valence-corrected chi connectivity index (χ3v) is 7.27. The summed E-state index contributed by atoms with van der Waals surface area (Å²) < 4.78 is 0. The molecule has 0 amide bonds. The van der Waals surface area contributed by atoms with Gasteiger partial charge < -0.3 is 5.11 Å². The van der Waals surface area contributed by atoms with Crippen LogP contribution in [0, 0.1) is 0 Å². The van der Waals surface area contributed by atoms with E-state index in [9.17, 15) is 9.90 Å². The maximum atomic E-state index is 12.7. The van der Waals surface area contributed by atoms with Crippen LogP contribution in [0.25, 0.3) is 0 Å². The second kappa shape index (κ2) is 6.62. The third-order valence-electron chi connectivity index (χ3n) is 4.17. The van der Waals surface area contributed by atoms with E-state index in [4.69, 9.17) is 0 Å². The van der Waals surface area contributed by atoms with Gasteiger partial charge in [0, 0.05) is 0 Å². The molecule has 0 saturated heterocycles. The van der Waals surface area contributed by atoms with Crippen LogP contribution >= 0.6 is 7.92 Å². The van der Waals surface area contributed by atoms with Crippen LogP contribution < -0.4 is 10.6 Å². The van der Waals surface area contributed by atoms with Gasteiger partial charge in [-0.25, -0.2) is 0 Å². The minimum absolute atomic E-state index is 0.00980. The van der Waals surface area contributed by atoms with Crippen molar-refractivity contribution in [2.24, 2.45) is 0 Å². The lowest BCUT2D eigenvalue weighted by Gasteiger charge is -2.41. The normalized spacial score (nSPS) is 23.2. The maximum absolute atomic E-state index is 12.7. The fourth-order valence-corrected chi connectivity index (χ4v) is 6.03. The van der Waals surface area contributed by atoms with Crippen LogP contribution in [-0.2, 0) is 4.79 Å². The summed E-state index contributed by atoms with van der Waals surface area (Å²) in [5.74, 6) is -0.00980. The van der Waals surface area contributed by atoms with Crippen molar-refractivity contribution in [3.63, 3.8) is 0 Å². The van der Waals surface area contributed by atoms with Crippen molar-refractivity contribution in [1.82, 2.24) is 0 Å². The van der Waals surface area contributed by atoms with Crippen LogP contribution in [0.3, 0.4) is 0 Å². The van der Waals surface area contributed by atoms with E-state index in [-0.39, 0.29) is 5.78 Å². The van der Waals surface area contributed by atoms with Crippen molar-refractivity contribution in [3.8, 4) is 0 Å². The molecule has 2 nitrogen and oxygen atoms in total. The first-order valence-electron chi connectivity index (χ1n) is 7.62. The number of hydrogen-bond donors (Lipinski definition) is 1. The fourth-order valence-electron chi connectivity index (χ4n) is 3.04. The molecule has 2 aromatic carbocycles. The first-order valence-corrected chi connectivity index (χ1v) is 8.96. The smallest absolute Gasteiger partial charge is 0.147 e. The Balaban J connectivity index is 2.24. The van der Waals surface area contributed by atoms with Gasteiger partial charge in [0.15, 0.2) is 0 Å². The predicted molar refractivity (Wildman–Crippen MR) is 96.8 cm³/mol. The second-order valence-corrected chi connectivity index (χ2v) is 8.02. The molecule has 3 heteroatoms. The lowest BCUT2D eigenvalue weighted by atomic mass is 9.93. The average Bonchev–Trinajstić information content (AvgIpc) is 2.58. The molecule has 116 valence electrons. The summed E-state index contributed by atoms with van der Waals surface area (Å²) in [5.41, 5.74) is 0. The summed E-state index contributed by atoms with van der Waals surface area (Å²) >= 11 is 0. The van der Waals surface area contributed by atoms with Crippen molar-refractivity contribution < 1.29 is 9.90 Å². The molecule has 2 atom stereocenters. The molecule has 0 aliphatic heterocycles. The third kappa shape index (κ3) is 2.81. The number of rotatable bonds is 4. The van der Waals surface area contributed by atoms with E-state index in [1.807, 2.05) is 72.8 Å². The van der Waals surface area contributed by atoms with Crippen LogP contribution in [0.4, 0.5) is 0 Å². The number of allylic oxidation sites excluding steroid dienone is 2. The average molecular weight is 322 g/mol. The van der Waals surface area contributed by atoms with E-state index in [2.05, 4.69) is 0 Å². The Bertz CT molecular complexity index is 697. The van der Waals surface area contributed by atoms with Crippen LogP contribution in [0.1, 0.15) is 6.92 Å². The molecule has 1 aliphatic carbocycles. The lowest BCUT2D eigenvalue weighted by molar-refractivity contribution is -0.120. The summed E-state index contributed by atoms with van der Waals surface area (Å²) in [4.78, 5) is 12.7. The molecule has 3 rings (SSSR count). The summed E-state index contributed by atoms with van der Waals surface area (Å²) in [7, 11) is -1.07. The Hall–Kier alpha value is -2.02. The highest BCUT2D eigenvalue weighted by molar-refractivity contribution is 7.75. The standard InChI is InChI=1S/C20H19O2P/c1-16(21)20(15-9-8-14-19(20)22)23(17-10-4-2-5-11-17)18-12-6-3-7-13-18/h2-15,19,22H,1H3. The van der Waals surface area contributed by atoms with Gasteiger partial charge in [-0.15, -0.1) is 0 Å². The largest absolute Gasteiger partial charge is 0.387 e. The van der Waals surface area contributed by atoms with Crippen LogP contribution in [-0.4, -0.2) is 22.1 Å². The predicted octanol–water partition coefficient (Wildman–Crippen LogP) is 2.93. The number of benzene rings is 2. The molecular weight excluding hydrogens is 303 g/mol. The monoisotopic (exact) mass is 322 g/mol. The molecule has 0 radical (unpaired) electrons. The van der Waals surface area contributed by atoms with E-state index < -0.39 is 19.2 Å². The van der Waals surface area contributed by atoms with E-state index in [1.165, 1.54) is 0 Å². The van der Waals surface area contributed by atoms with Gasteiger partial charge in [0.05, 0.1) is 6.10 Å². The Morgan fingerprint density at radius 2 is 1.48 bits per heavy atom. The van der Waals surface area contributed by atoms with Crippen LogP contribution in [0.2, 0.25) is 0 Å². The minimum atomic E-state index is -1.07. The highest BCUT2D eigenvalue weighted by Gasteiger charge is 2.48. The summed E-state index contributed by atoms with van der Waals surface area (Å²) in [6.07, 6.45) is 6.44. The van der Waals surface area contributed by atoms with Crippen molar-refractivity contribution in [1.29, 1.82) is 0 Å². The van der Waals surface area contributed by atoms with Gasteiger partial charge in [-0.05, 0) is 25.5 Å². The zero-order valence-electron chi connectivity index (χ0n) is 13.0. The summed E-state index contributed by atoms with van der Waals surface area (Å²) in [5, 5.41) is 12.0. The molecule has 1 N–H and O–H groups in total. The van der Waals surface area contributed by atoms with Crippen molar-refractivity contribution in [2.45, 2.75) is 18.2 Å².